The predicted octanol–water partition coefficient (Wildman–Crippen LogP) is 1.21. The van der Waals surface area contributed by atoms with Crippen LogP contribution in [0.5, 0.6) is 0 Å². The van der Waals surface area contributed by atoms with E-state index in [-0.39, 0.29) is 25.6 Å². The normalized spacial score (nSPS) is 18.0. The summed E-state index contributed by atoms with van der Waals surface area (Å²) >= 11 is 1.65. The predicted molar refractivity (Wildman–Crippen MR) is 90.9 cm³/mol. The van der Waals surface area contributed by atoms with Crippen molar-refractivity contribution in [2.24, 2.45) is 0 Å². The fourth-order valence-corrected chi connectivity index (χ4v) is 3.28. The molecule has 0 aliphatic carbocycles. The van der Waals surface area contributed by atoms with Crippen LogP contribution in [0.2, 0.25) is 0 Å². The molecule has 1 aliphatic rings. The topological polar surface area (TPSA) is 84.7 Å². The Morgan fingerprint density at radius 2 is 2.21 bits per heavy atom. The lowest BCUT2D eigenvalue weighted by Crippen LogP contribution is -2.49. The Morgan fingerprint density at radius 3 is 2.96 bits per heavy atom. The average molecular weight is 349 g/mol. The van der Waals surface area contributed by atoms with Gasteiger partial charge in [-0.3, -0.25) is 4.79 Å². The third-order valence-corrected chi connectivity index (χ3v) is 4.54. The number of aromatic nitrogens is 2. The number of imidazole rings is 1. The van der Waals surface area contributed by atoms with E-state index >= 15 is 0 Å². The summed E-state index contributed by atoms with van der Waals surface area (Å²) in [6.07, 6.45) is 1.04. The second kappa shape index (κ2) is 7.23. The van der Waals surface area contributed by atoms with Gasteiger partial charge in [-0.1, -0.05) is 12.1 Å². The summed E-state index contributed by atoms with van der Waals surface area (Å²) in [5, 5.41) is 9.07. The molecule has 128 valence electrons. The van der Waals surface area contributed by atoms with Crippen molar-refractivity contribution in [3.63, 3.8) is 0 Å². The molecule has 1 fully saturated rings. The van der Waals surface area contributed by atoms with E-state index in [0.717, 1.165) is 16.9 Å². The third-order valence-electron chi connectivity index (χ3n) is 4.00. The van der Waals surface area contributed by atoms with Gasteiger partial charge in [-0.05, 0) is 18.4 Å². The summed E-state index contributed by atoms with van der Waals surface area (Å²) in [7, 11) is 0. The lowest BCUT2D eigenvalue weighted by Gasteiger charge is -2.31. The number of carboxylic acid groups (broad SMARTS) is 1. The van der Waals surface area contributed by atoms with Crippen molar-refractivity contribution in [2.75, 3.05) is 26.0 Å². The van der Waals surface area contributed by atoms with Crippen molar-refractivity contribution in [2.45, 2.75) is 18.4 Å². The van der Waals surface area contributed by atoms with Gasteiger partial charge in [0.2, 0.25) is 5.91 Å². The van der Waals surface area contributed by atoms with E-state index in [1.165, 1.54) is 0 Å². The summed E-state index contributed by atoms with van der Waals surface area (Å²) < 4.78 is 7.09. The number of nitrogens with zero attached hydrogens (tertiary/aromatic N) is 3. The highest BCUT2D eigenvalue weighted by atomic mass is 32.2. The minimum atomic E-state index is -1.04. The van der Waals surface area contributed by atoms with Gasteiger partial charge in [-0.25, -0.2) is 9.78 Å². The van der Waals surface area contributed by atoms with Crippen LogP contribution in [0.25, 0.3) is 11.0 Å². The highest BCUT2D eigenvalue weighted by Crippen LogP contribution is 2.19. The Labute approximate surface area is 143 Å². The summed E-state index contributed by atoms with van der Waals surface area (Å²) in [6, 6.07) is 7.71. The van der Waals surface area contributed by atoms with Gasteiger partial charge in [-0.15, -0.1) is 0 Å². The number of carbonyl (C=O) groups is 2. The van der Waals surface area contributed by atoms with Gasteiger partial charge >= 0.3 is 5.97 Å². The number of rotatable bonds is 5. The van der Waals surface area contributed by atoms with Gasteiger partial charge in [0.25, 0.3) is 0 Å². The van der Waals surface area contributed by atoms with Crippen LogP contribution in [0.15, 0.2) is 24.3 Å². The fraction of sp³-hybridized carbons (Fsp3) is 0.438. The molecule has 0 saturated carbocycles. The Hall–Kier alpha value is -2.06. The molecule has 0 bridgehead atoms. The lowest BCUT2D eigenvalue weighted by atomic mass is 10.2. The molecule has 8 heteroatoms. The number of fused-ring (bicyclic) bond motifs is 1. The molecule has 1 N–H and O–H groups in total. The third kappa shape index (κ3) is 3.39. The number of benzene rings is 1. The number of aliphatic carboxylic acids is 1. The van der Waals surface area contributed by atoms with Crippen molar-refractivity contribution in [3.05, 3.63) is 30.1 Å². The second-order valence-electron chi connectivity index (χ2n) is 5.57. The highest BCUT2D eigenvalue weighted by Gasteiger charge is 2.29. The van der Waals surface area contributed by atoms with E-state index in [2.05, 4.69) is 4.98 Å². The second-order valence-corrected chi connectivity index (χ2v) is 6.44. The van der Waals surface area contributed by atoms with Gasteiger partial charge in [0.1, 0.15) is 12.4 Å². The molecule has 1 saturated heterocycles. The first kappa shape index (κ1) is 16.8. The molecule has 0 spiro atoms. The van der Waals surface area contributed by atoms with E-state index in [4.69, 9.17) is 9.84 Å². The number of carbonyl (C=O) groups excluding carboxylic acids is 1. The van der Waals surface area contributed by atoms with Crippen LogP contribution in [0, 0.1) is 0 Å². The molecule has 1 aliphatic heterocycles. The number of carboxylic acids is 1. The number of morpholine rings is 1. The van der Waals surface area contributed by atoms with E-state index in [9.17, 15) is 9.59 Å². The van der Waals surface area contributed by atoms with E-state index in [1.54, 1.807) is 16.7 Å². The molecule has 24 heavy (non-hydrogen) atoms. The van der Waals surface area contributed by atoms with Crippen LogP contribution in [0.4, 0.5) is 0 Å². The molecule has 1 atom stereocenters. The lowest BCUT2D eigenvalue weighted by molar-refractivity contribution is -0.159. The van der Waals surface area contributed by atoms with Crippen molar-refractivity contribution < 1.29 is 19.4 Å². The summed E-state index contributed by atoms with van der Waals surface area (Å²) in [5.41, 5.74) is 1.78. The maximum atomic E-state index is 12.7. The minimum Gasteiger partial charge on any atom is -0.479 e. The zero-order chi connectivity index (χ0) is 17.1. The summed E-state index contributed by atoms with van der Waals surface area (Å²) in [5.74, 6) is 0.404. The summed E-state index contributed by atoms with van der Waals surface area (Å²) in [4.78, 5) is 29.9. The quantitative estimate of drug-likeness (QED) is 0.873. The SMILES string of the molecule is CSCc1nc2ccccc2n1CC(=O)N1CCOC(C(=O)O)C1. The van der Waals surface area contributed by atoms with Crippen LogP contribution in [-0.2, 0) is 26.6 Å². The highest BCUT2D eigenvalue weighted by molar-refractivity contribution is 7.97. The van der Waals surface area contributed by atoms with E-state index < -0.39 is 12.1 Å². The number of amides is 1. The van der Waals surface area contributed by atoms with E-state index in [1.807, 2.05) is 35.1 Å². The average Bonchev–Trinajstić information content (AvgIpc) is 2.93. The van der Waals surface area contributed by atoms with E-state index in [0.29, 0.717) is 12.3 Å². The molecule has 1 unspecified atom stereocenters. The standard InChI is InChI=1S/C16H19N3O4S/c1-24-10-14-17-11-4-2-3-5-12(11)19(14)9-15(20)18-6-7-23-13(8-18)16(21)22/h2-5,13H,6-10H2,1H3,(H,21,22). The molecule has 1 aromatic heterocycles. The van der Waals surface area contributed by atoms with Gasteiger partial charge in [0.05, 0.1) is 29.9 Å². The number of hydrogen-bond acceptors (Lipinski definition) is 5. The van der Waals surface area contributed by atoms with Crippen molar-refractivity contribution in [1.29, 1.82) is 0 Å². The number of para-hydroxylation sites is 2. The largest absolute Gasteiger partial charge is 0.479 e. The minimum absolute atomic E-state index is 0.0820. The van der Waals surface area contributed by atoms with Crippen LogP contribution >= 0.6 is 11.8 Å². The van der Waals surface area contributed by atoms with Crippen LogP contribution in [0.3, 0.4) is 0 Å². The molecule has 7 nitrogen and oxygen atoms in total. The van der Waals surface area contributed by atoms with Crippen molar-refractivity contribution >= 4 is 34.7 Å². The Kier molecular flexibility index (Phi) is 5.06. The number of ether oxygens (including phenoxy) is 1. The Bertz CT molecular complexity index is 761. The first-order chi connectivity index (χ1) is 11.6. The van der Waals surface area contributed by atoms with Crippen LogP contribution in [-0.4, -0.2) is 63.5 Å². The molecule has 1 aromatic carbocycles. The van der Waals surface area contributed by atoms with Crippen molar-refractivity contribution in [3.8, 4) is 0 Å². The smallest absolute Gasteiger partial charge is 0.334 e. The Balaban J connectivity index is 1.82. The fourth-order valence-electron chi connectivity index (χ4n) is 2.80. The first-order valence-electron chi connectivity index (χ1n) is 7.65. The molecular formula is C16H19N3O4S. The first-order valence-corrected chi connectivity index (χ1v) is 9.05. The molecular weight excluding hydrogens is 330 g/mol. The van der Waals surface area contributed by atoms with Gasteiger partial charge in [0, 0.05) is 6.54 Å². The molecule has 2 aromatic rings. The van der Waals surface area contributed by atoms with Crippen LogP contribution < -0.4 is 0 Å². The maximum Gasteiger partial charge on any atom is 0.334 e. The maximum absolute atomic E-state index is 12.7. The zero-order valence-electron chi connectivity index (χ0n) is 13.3. The number of thioether (sulfide) groups is 1. The molecule has 0 radical (unpaired) electrons. The van der Waals surface area contributed by atoms with Gasteiger partial charge < -0.3 is 19.3 Å². The molecule has 3 rings (SSSR count). The molecule has 2 heterocycles. The van der Waals surface area contributed by atoms with Gasteiger partial charge in [0.15, 0.2) is 6.10 Å². The number of hydrogen-bond donors (Lipinski definition) is 1. The zero-order valence-corrected chi connectivity index (χ0v) is 14.2. The van der Waals surface area contributed by atoms with Crippen molar-refractivity contribution in [1.82, 2.24) is 14.5 Å². The Morgan fingerprint density at radius 1 is 1.42 bits per heavy atom. The molecule has 1 amide bonds. The van der Waals surface area contributed by atoms with Crippen LogP contribution in [0.1, 0.15) is 5.82 Å². The summed E-state index contributed by atoms with van der Waals surface area (Å²) in [6.45, 7) is 0.888. The van der Waals surface area contributed by atoms with Gasteiger partial charge in [-0.2, -0.15) is 11.8 Å². The monoisotopic (exact) mass is 349 g/mol.